The van der Waals surface area contributed by atoms with Gasteiger partial charge in [-0.15, -0.1) is 11.8 Å². The summed E-state index contributed by atoms with van der Waals surface area (Å²) in [5.41, 5.74) is -0.466. The lowest BCUT2D eigenvalue weighted by atomic mass is 10.1. The quantitative estimate of drug-likeness (QED) is 0.429. The van der Waals surface area contributed by atoms with Crippen molar-refractivity contribution in [1.82, 2.24) is 20.9 Å². The van der Waals surface area contributed by atoms with Crippen LogP contribution in [0.1, 0.15) is 41.9 Å². The van der Waals surface area contributed by atoms with Crippen LogP contribution in [0.4, 0.5) is 4.79 Å². The van der Waals surface area contributed by atoms with Crippen LogP contribution >= 0.6 is 11.8 Å². The number of imide groups is 1. The minimum Gasteiger partial charge on any atom is -0.468 e. The second-order valence-electron chi connectivity index (χ2n) is 8.01. The van der Waals surface area contributed by atoms with E-state index in [-0.39, 0.29) is 17.9 Å². The van der Waals surface area contributed by atoms with Crippen molar-refractivity contribution in [2.45, 2.75) is 36.2 Å². The summed E-state index contributed by atoms with van der Waals surface area (Å²) in [6.07, 6.45) is 3.95. The Morgan fingerprint density at radius 3 is 2.68 bits per heavy atom. The number of amides is 4. The van der Waals surface area contributed by atoms with Crippen LogP contribution in [-0.2, 0) is 4.79 Å². The largest absolute Gasteiger partial charge is 0.468 e. The fourth-order valence-electron chi connectivity index (χ4n) is 3.91. The van der Waals surface area contributed by atoms with Gasteiger partial charge in [-0.2, -0.15) is 0 Å². The van der Waals surface area contributed by atoms with Gasteiger partial charge in [-0.3, -0.25) is 19.8 Å². The molecule has 2 aliphatic rings. The van der Waals surface area contributed by atoms with Crippen molar-refractivity contribution in [3.05, 3.63) is 54.0 Å². The Morgan fingerprint density at radius 2 is 2.00 bits per heavy atom. The molecule has 9 heteroatoms. The molecule has 2 unspecified atom stereocenters. The number of benzene rings is 1. The minimum absolute atomic E-state index is 0.00225. The standard InChI is InChI=1S/C22H26N4O4S/c1-22(20(28)24-21(29)25-22)14-31-18-9-3-2-7-15(18)19(27)23-13-16(17-8-6-12-30-17)26-10-4-5-11-26/h2-3,6-9,12,16H,4-5,10-11,13-14H2,1H3,(H,23,27)(H2,24,25,28,29). The molecule has 0 spiro atoms. The Morgan fingerprint density at radius 1 is 1.23 bits per heavy atom. The van der Waals surface area contributed by atoms with Crippen molar-refractivity contribution in [1.29, 1.82) is 0 Å². The minimum atomic E-state index is -1.01. The molecule has 8 nitrogen and oxygen atoms in total. The van der Waals surface area contributed by atoms with Crippen LogP contribution in [0.25, 0.3) is 0 Å². The predicted octanol–water partition coefficient (Wildman–Crippen LogP) is 2.54. The van der Waals surface area contributed by atoms with E-state index in [0.717, 1.165) is 36.6 Å². The second kappa shape index (κ2) is 9.15. The number of nitrogens with one attached hydrogen (secondary N) is 3. The molecule has 0 bridgehead atoms. The third-order valence-electron chi connectivity index (χ3n) is 5.67. The first kappa shape index (κ1) is 21.5. The average Bonchev–Trinajstić information content (AvgIpc) is 3.51. The van der Waals surface area contributed by atoms with Gasteiger partial charge >= 0.3 is 6.03 Å². The smallest absolute Gasteiger partial charge is 0.322 e. The number of carbonyl (C=O) groups excluding carboxylic acids is 3. The molecule has 1 aromatic heterocycles. The molecule has 0 saturated carbocycles. The zero-order chi connectivity index (χ0) is 21.8. The molecule has 164 valence electrons. The van der Waals surface area contributed by atoms with Gasteiger partial charge in [0.05, 0.1) is 17.9 Å². The molecule has 3 heterocycles. The highest BCUT2D eigenvalue weighted by Gasteiger charge is 2.42. The molecule has 2 fully saturated rings. The van der Waals surface area contributed by atoms with Crippen molar-refractivity contribution in [3.8, 4) is 0 Å². The van der Waals surface area contributed by atoms with Crippen molar-refractivity contribution in [2.24, 2.45) is 0 Å². The van der Waals surface area contributed by atoms with Crippen LogP contribution < -0.4 is 16.0 Å². The first-order valence-electron chi connectivity index (χ1n) is 10.4. The van der Waals surface area contributed by atoms with Gasteiger partial charge in [0.2, 0.25) is 0 Å². The fraction of sp³-hybridized carbons (Fsp3) is 0.409. The van der Waals surface area contributed by atoms with Gasteiger partial charge in [0, 0.05) is 17.2 Å². The SMILES string of the molecule is CC1(CSc2ccccc2C(=O)NCC(c2ccco2)N2CCCC2)NC(=O)NC1=O. The van der Waals surface area contributed by atoms with E-state index in [1.807, 2.05) is 30.3 Å². The molecule has 31 heavy (non-hydrogen) atoms. The summed E-state index contributed by atoms with van der Waals surface area (Å²) in [4.78, 5) is 39.7. The summed E-state index contributed by atoms with van der Waals surface area (Å²) < 4.78 is 5.63. The number of urea groups is 1. The van der Waals surface area contributed by atoms with Gasteiger partial charge in [0.25, 0.3) is 11.8 Å². The number of hydrogen-bond donors (Lipinski definition) is 3. The number of carbonyl (C=O) groups is 3. The summed E-state index contributed by atoms with van der Waals surface area (Å²) in [5, 5.41) is 7.96. The molecule has 3 N–H and O–H groups in total. The summed E-state index contributed by atoms with van der Waals surface area (Å²) in [7, 11) is 0. The predicted molar refractivity (Wildman–Crippen MR) is 117 cm³/mol. The first-order chi connectivity index (χ1) is 15.0. The molecular formula is C22H26N4O4S. The monoisotopic (exact) mass is 442 g/mol. The van der Waals surface area contributed by atoms with E-state index < -0.39 is 11.6 Å². The maximum Gasteiger partial charge on any atom is 0.322 e. The summed E-state index contributed by atoms with van der Waals surface area (Å²) in [5.74, 6) is 0.626. The van der Waals surface area contributed by atoms with Crippen molar-refractivity contribution in [2.75, 3.05) is 25.4 Å². The van der Waals surface area contributed by atoms with Crippen LogP contribution in [0.3, 0.4) is 0 Å². The van der Waals surface area contributed by atoms with E-state index in [9.17, 15) is 14.4 Å². The van der Waals surface area contributed by atoms with E-state index in [4.69, 9.17) is 4.42 Å². The third-order valence-corrected chi connectivity index (χ3v) is 7.06. The second-order valence-corrected chi connectivity index (χ2v) is 9.03. The van der Waals surface area contributed by atoms with Gasteiger partial charge in [-0.05, 0) is 57.1 Å². The lowest BCUT2D eigenvalue weighted by Gasteiger charge is -2.26. The van der Waals surface area contributed by atoms with Gasteiger partial charge in [-0.1, -0.05) is 12.1 Å². The van der Waals surface area contributed by atoms with Crippen LogP contribution in [-0.4, -0.2) is 53.7 Å². The highest BCUT2D eigenvalue weighted by molar-refractivity contribution is 7.99. The van der Waals surface area contributed by atoms with Gasteiger partial charge in [-0.25, -0.2) is 4.79 Å². The Kier molecular flexibility index (Phi) is 6.33. The third kappa shape index (κ3) is 4.77. The molecule has 2 aromatic rings. The average molecular weight is 443 g/mol. The number of furan rings is 1. The Bertz CT molecular complexity index is 958. The Balaban J connectivity index is 1.43. The summed E-state index contributed by atoms with van der Waals surface area (Å²) in [6, 6.07) is 10.6. The molecule has 4 amide bonds. The zero-order valence-electron chi connectivity index (χ0n) is 17.3. The molecule has 4 rings (SSSR count). The van der Waals surface area contributed by atoms with Crippen LogP contribution in [0.5, 0.6) is 0 Å². The van der Waals surface area contributed by atoms with Crippen molar-refractivity contribution >= 4 is 29.6 Å². The highest BCUT2D eigenvalue weighted by Crippen LogP contribution is 2.28. The number of rotatable bonds is 8. The molecular weight excluding hydrogens is 416 g/mol. The van der Waals surface area contributed by atoms with Gasteiger partial charge in [0.1, 0.15) is 11.3 Å². The summed E-state index contributed by atoms with van der Waals surface area (Å²) in [6.45, 7) is 4.09. The summed E-state index contributed by atoms with van der Waals surface area (Å²) >= 11 is 1.37. The van der Waals surface area contributed by atoms with Crippen LogP contribution in [0.15, 0.2) is 52.0 Å². The van der Waals surface area contributed by atoms with E-state index in [1.165, 1.54) is 11.8 Å². The fourth-order valence-corrected chi connectivity index (χ4v) is 5.05. The van der Waals surface area contributed by atoms with E-state index in [1.54, 1.807) is 19.3 Å². The van der Waals surface area contributed by atoms with E-state index >= 15 is 0 Å². The maximum absolute atomic E-state index is 13.0. The molecule has 0 radical (unpaired) electrons. The molecule has 2 aliphatic heterocycles. The first-order valence-corrected chi connectivity index (χ1v) is 11.4. The topological polar surface area (TPSA) is 104 Å². The van der Waals surface area contributed by atoms with E-state index in [0.29, 0.717) is 17.9 Å². The molecule has 2 saturated heterocycles. The Labute approximate surface area is 185 Å². The molecule has 2 atom stereocenters. The van der Waals surface area contributed by atoms with Crippen LogP contribution in [0, 0.1) is 0 Å². The lowest BCUT2D eigenvalue weighted by Crippen LogP contribution is -2.46. The number of hydrogen-bond acceptors (Lipinski definition) is 6. The molecule has 0 aliphatic carbocycles. The van der Waals surface area contributed by atoms with Gasteiger partial charge < -0.3 is 15.1 Å². The lowest BCUT2D eigenvalue weighted by molar-refractivity contribution is -0.122. The zero-order valence-corrected chi connectivity index (χ0v) is 18.2. The number of thioether (sulfide) groups is 1. The van der Waals surface area contributed by atoms with Crippen molar-refractivity contribution < 1.29 is 18.8 Å². The van der Waals surface area contributed by atoms with Crippen LogP contribution in [0.2, 0.25) is 0 Å². The van der Waals surface area contributed by atoms with Crippen molar-refractivity contribution in [3.63, 3.8) is 0 Å². The maximum atomic E-state index is 13.0. The number of likely N-dealkylation sites (tertiary alicyclic amines) is 1. The highest BCUT2D eigenvalue weighted by atomic mass is 32.2. The van der Waals surface area contributed by atoms with E-state index in [2.05, 4.69) is 20.9 Å². The Hall–Kier alpha value is -2.78. The molecule has 1 aromatic carbocycles. The normalized spacial score (nSPS) is 22.2. The number of nitrogens with zero attached hydrogens (tertiary/aromatic N) is 1. The van der Waals surface area contributed by atoms with Gasteiger partial charge in [0.15, 0.2) is 0 Å².